The van der Waals surface area contributed by atoms with Crippen LogP contribution in [0.15, 0.2) is 30.9 Å². The Morgan fingerprint density at radius 1 is 1.53 bits per heavy atom. The second-order valence-corrected chi connectivity index (χ2v) is 3.56. The zero-order valence-electron chi connectivity index (χ0n) is 9.50. The van der Waals surface area contributed by atoms with Crippen molar-refractivity contribution in [1.82, 2.24) is 25.1 Å². The Hall–Kier alpha value is -2.24. The van der Waals surface area contributed by atoms with Crippen LogP contribution in [-0.4, -0.2) is 32.2 Å². The topological polar surface area (TPSA) is 72.7 Å². The number of nitrogens with zero attached hydrogens (tertiary/aromatic N) is 4. The third-order valence-corrected chi connectivity index (χ3v) is 2.17. The molecular weight excluding hydrogens is 218 g/mol. The number of nitrogens with one attached hydrogen (secondary N) is 1. The quantitative estimate of drug-likeness (QED) is 0.830. The summed E-state index contributed by atoms with van der Waals surface area (Å²) in [6.45, 7) is 2.64. The van der Waals surface area contributed by atoms with Gasteiger partial charge in [-0.1, -0.05) is 0 Å². The van der Waals surface area contributed by atoms with Crippen LogP contribution in [0.5, 0.6) is 0 Å². The zero-order valence-corrected chi connectivity index (χ0v) is 9.50. The van der Waals surface area contributed by atoms with E-state index >= 15 is 0 Å². The molecule has 0 unspecified atom stereocenters. The molecule has 0 aliphatic carbocycles. The number of pyridine rings is 1. The normalized spacial score (nSPS) is 10.2. The fraction of sp³-hybridized carbons (Fsp3) is 0.273. The van der Waals surface area contributed by atoms with Crippen LogP contribution in [0.4, 0.5) is 0 Å². The lowest BCUT2D eigenvalue weighted by Crippen LogP contribution is -2.24. The Morgan fingerprint density at radius 2 is 2.41 bits per heavy atom. The Kier molecular flexibility index (Phi) is 3.44. The molecule has 6 nitrogen and oxygen atoms in total. The molecule has 2 aromatic rings. The third kappa shape index (κ3) is 3.10. The molecule has 0 radical (unpaired) electrons. The average Bonchev–Trinajstić information content (AvgIpc) is 2.78. The van der Waals surface area contributed by atoms with Crippen LogP contribution in [-0.2, 0) is 11.3 Å². The molecule has 2 aromatic heterocycles. The lowest BCUT2D eigenvalue weighted by Gasteiger charge is -2.00. The first kappa shape index (κ1) is 11.3. The molecule has 0 aliphatic rings. The van der Waals surface area contributed by atoms with Crippen molar-refractivity contribution < 1.29 is 4.79 Å². The summed E-state index contributed by atoms with van der Waals surface area (Å²) in [7, 11) is 0. The number of hydrogen-bond donors (Lipinski definition) is 1. The van der Waals surface area contributed by atoms with E-state index in [1.54, 1.807) is 23.4 Å². The molecule has 0 atom stereocenters. The highest BCUT2D eigenvalue weighted by atomic mass is 16.1. The molecule has 0 aliphatic heterocycles. The predicted octanol–water partition coefficient (Wildman–Crippen LogP) is 0.476. The summed E-state index contributed by atoms with van der Waals surface area (Å²) < 4.78 is 1.69. The first-order valence-electron chi connectivity index (χ1n) is 5.30. The van der Waals surface area contributed by atoms with Crippen LogP contribution < -0.4 is 5.32 Å². The van der Waals surface area contributed by atoms with Gasteiger partial charge in [-0.3, -0.25) is 14.5 Å². The first-order chi connectivity index (χ1) is 8.25. The molecule has 17 heavy (non-hydrogen) atoms. The second kappa shape index (κ2) is 5.20. The second-order valence-electron chi connectivity index (χ2n) is 3.56. The lowest BCUT2D eigenvalue weighted by atomic mass is 10.3. The Labute approximate surface area is 98.7 Å². The maximum absolute atomic E-state index is 10.7. The molecule has 1 N–H and O–H groups in total. The highest BCUT2D eigenvalue weighted by Crippen LogP contribution is 2.10. The fourth-order valence-corrected chi connectivity index (χ4v) is 1.38. The summed E-state index contributed by atoms with van der Waals surface area (Å²) in [4.78, 5) is 18.9. The predicted molar refractivity (Wildman–Crippen MR) is 61.9 cm³/mol. The standard InChI is InChI=1S/C11H13N5O/c1-9(17)13-5-6-16-8-14-11(15-16)10-3-2-4-12-7-10/h2-4,7-8H,5-6H2,1H3,(H,13,17). The summed E-state index contributed by atoms with van der Waals surface area (Å²) in [6, 6.07) is 3.74. The van der Waals surface area contributed by atoms with Crippen molar-refractivity contribution in [3.63, 3.8) is 0 Å². The summed E-state index contributed by atoms with van der Waals surface area (Å²) in [5.74, 6) is 0.596. The molecule has 1 amide bonds. The van der Waals surface area contributed by atoms with Crippen LogP contribution in [0, 0.1) is 0 Å². The minimum absolute atomic E-state index is 0.0439. The maximum Gasteiger partial charge on any atom is 0.216 e. The van der Waals surface area contributed by atoms with E-state index in [-0.39, 0.29) is 5.91 Å². The summed E-state index contributed by atoms with van der Waals surface area (Å²) in [5.41, 5.74) is 0.880. The van der Waals surface area contributed by atoms with Gasteiger partial charge >= 0.3 is 0 Å². The van der Waals surface area contributed by atoms with Gasteiger partial charge in [-0.25, -0.2) is 4.98 Å². The van der Waals surface area contributed by atoms with Crippen molar-refractivity contribution in [3.05, 3.63) is 30.9 Å². The molecular formula is C11H13N5O. The van der Waals surface area contributed by atoms with Crippen molar-refractivity contribution >= 4 is 5.91 Å². The number of carbonyl (C=O) groups is 1. The summed E-state index contributed by atoms with van der Waals surface area (Å²) >= 11 is 0. The number of hydrogen-bond acceptors (Lipinski definition) is 4. The molecule has 0 saturated carbocycles. The molecule has 2 rings (SSSR count). The van der Waals surface area contributed by atoms with Crippen LogP contribution in [0.1, 0.15) is 6.92 Å². The molecule has 0 aromatic carbocycles. The molecule has 0 fully saturated rings. The van der Waals surface area contributed by atoms with Gasteiger partial charge in [0.15, 0.2) is 5.82 Å². The number of carbonyl (C=O) groups excluding carboxylic acids is 1. The van der Waals surface area contributed by atoms with Crippen molar-refractivity contribution in [1.29, 1.82) is 0 Å². The smallest absolute Gasteiger partial charge is 0.216 e. The molecule has 0 saturated heterocycles. The van der Waals surface area contributed by atoms with Gasteiger partial charge in [0.1, 0.15) is 6.33 Å². The van der Waals surface area contributed by atoms with Gasteiger partial charge in [-0.15, -0.1) is 0 Å². The summed E-state index contributed by atoms with van der Waals surface area (Å²) in [6.07, 6.45) is 5.06. The third-order valence-electron chi connectivity index (χ3n) is 2.17. The van der Waals surface area contributed by atoms with Crippen molar-refractivity contribution in [2.45, 2.75) is 13.5 Å². The van der Waals surface area contributed by atoms with E-state index in [0.717, 1.165) is 5.56 Å². The Balaban J connectivity index is 1.99. The number of amides is 1. The molecule has 88 valence electrons. The van der Waals surface area contributed by atoms with Gasteiger partial charge in [0.2, 0.25) is 5.91 Å². The van der Waals surface area contributed by atoms with Gasteiger partial charge in [-0.2, -0.15) is 5.10 Å². The van der Waals surface area contributed by atoms with E-state index in [1.807, 2.05) is 12.1 Å². The SMILES string of the molecule is CC(=O)NCCn1cnc(-c2cccnc2)n1. The van der Waals surface area contributed by atoms with Gasteiger partial charge in [0.25, 0.3) is 0 Å². The van der Waals surface area contributed by atoms with Crippen molar-refractivity contribution in [2.24, 2.45) is 0 Å². The molecule has 6 heteroatoms. The van der Waals surface area contributed by atoms with E-state index in [9.17, 15) is 4.79 Å². The number of rotatable bonds is 4. The van der Waals surface area contributed by atoms with Gasteiger partial charge in [0.05, 0.1) is 6.54 Å². The van der Waals surface area contributed by atoms with Gasteiger partial charge < -0.3 is 5.32 Å². The Morgan fingerprint density at radius 3 is 3.12 bits per heavy atom. The van der Waals surface area contributed by atoms with Gasteiger partial charge in [-0.05, 0) is 12.1 Å². The first-order valence-corrected chi connectivity index (χ1v) is 5.30. The van der Waals surface area contributed by atoms with Crippen molar-refractivity contribution in [3.8, 4) is 11.4 Å². The lowest BCUT2D eigenvalue weighted by molar-refractivity contribution is -0.118. The zero-order chi connectivity index (χ0) is 12.1. The highest BCUT2D eigenvalue weighted by Gasteiger charge is 2.03. The van der Waals surface area contributed by atoms with Gasteiger partial charge in [0, 0.05) is 31.4 Å². The largest absolute Gasteiger partial charge is 0.354 e. The van der Waals surface area contributed by atoms with Crippen LogP contribution >= 0.6 is 0 Å². The highest BCUT2D eigenvalue weighted by molar-refractivity contribution is 5.72. The molecule has 0 spiro atoms. The van der Waals surface area contributed by atoms with Crippen LogP contribution in [0.2, 0.25) is 0 Å². The maximum atomic E-state index is 10.7. The minimum atomic E-state index is -0.0439. The van der Waals surface area contributed by atoms with E-state index in [4.69, 9.17) is 0 Å². The molecule has 2 heterocycles. The fourth-order valence-electron chi connectivity index (χ4n) is 1.38. The van der Waals surface area contributed by atoms with Crippen LogP contribution in [0.25, 0.3) is 11.4 Å². The average molecular weight is 231 g/mol. The van der Waals surface area contributed by atoms with E-state index in [1.165, 1.54) is 6.92 Å². The van der Waals surface area contributed by atoms with E-state index in [0.29, 0.717) is 18.9 Å². The minimum Gasteiger partial charge on any atom is -0.354 e. The monoisotopic (exact) mass is 231 g/mol. The van der Waals surface area contributed by atoms with E-state index < -0.39 is 0 Å². The van der Waals surface area contributed by atoms with Crippen molar-refractivity contribution in [2.75, 3.05) is 6.54 Å². The number of aromatic nitrogens is 4. The van der Waals surface area contributed by atoms with Crippen LogP contribution in [0.3, 0.4) is 0 Å². The molecule has 0 bridgehead atoms. The Bertz CT molecular complexity index is 494. The summed E-state index contributed by atoms with van der Waals surface area (Å²) in [5, 5.41) is 6.99. The van der Waals surface area contributed by atoms with E-state index in [2.05, 4.69) is 20.4 Å².